The van der Waals surface area contributed by atoms with Crippen molar-refractivity contribution in [3.8, 4) is 11.1 Å². The van der Waals surface area contributed by atoms with Gasteiger partial charge in [0.25, 0.3) is 5.91 Å². The molecule has 4 heterocycles. The van der Waals surface area contributed by atoms with E-state index in [2.05, 4.69) is 27.4 Å². The lowest BCUT2D eigenvalue weighted by Crippen LogP contribution is -2.45. The van der Waals surface area contributed by atoms with Gasteiger partial charge in [0.15, 0.2) is 5.78 Å². The Bertz CT molecular complexity index is 1790. The highest BCUT2D eigenvalue weighted by Gasteiger charge is 2.27. The van der Waals surface area contributed by atoms with E-state index in [0.29, 0.717) is 28.1 Å². The molecular weight excluding hydrogens is 622 g/mol. The van der Waals surface area contributed by atoms with Crippen LogP contribution in [0, 0.1) is 13.8 Å². The van der Waals surface area contributed by atoms with Gasteiger partial charge in [-0.25, -0.2) is 4.98 Å². The zero-order chi connectivity index (χ0) is 33.6. The largest absolute Gasteiger partial charge is 0.396 e. The number of aromatic nitrogens is 2. The number of aliphatic hydroxyl groups excluding tert-OH is 1. The second kappa shape index (κ2) is 15.5. The molecule has 4 aromatic rings. The zero-order valence-corrected chi connectivity index (χ0v) is 28.6. The highest BCUT2D eigenvalue weighted by atomic mass is 35.5. The Morgan fingerprint density at radius 2 is 1.81 bits per heavy atom. The summed E-state index contributed by atoms with van der Waals surface area (Å²) in [6, 6.07) is 17.6. The van der Waals surface area contributed by atoms with Crippen LogP contribution in [-0.2, 0) is 25.8 Å². The summed E-state index contributed by atoms with van der Waals surface area (Å²) in [5.41, 5.74) is 9.23. The topological polar surface area (TPSA) is 107 Å². The molecule has 2 aliphatic rings. The fraction of sp³-hybridized carbons (Fsp3) is 0.385. The molecule has 250 valence electrons. The van der Waals surface area contributed by atoms with Crippen LogP contribution in [0.4, 0.5) is 5.69 Å². The SMILES string of the molecule is Cc1cc(C(=O)Cc2cccc(-c3cccc(NC(=O)c4ccc(CCCCO)cn4)c3C)c2Cl)nc2c1CCN(C1CCNCC1)C2. The molecule has 0 atom stereocenters. The predicted molar refractivity (Wildman–Crippen MR) is 191 cm³/mol. The third kappa shape index (κ3) is 7.68. The smallest absolute Gasteiger partial charge is 0.274 e. The number of aliphatic hydroxyl groups is 1. The lowest BCUT2D eigenvalue weighted by Gasteiger charge is -2.37. The van der Waals surface area contributed by atoms with Gasteiger partial charge in [-0.05, 0) is 117 Å². The van der Waals surface area contributed by atoms with Crippen LogP contribution in [0.2, 0.25) is 5.02 Å². The zero-order valence-electron chi connectivity index (χ0n) is 27.8. The fourth-order valence-electron chi connectivity index (χ4n) is 6.98. The van der Waals surface area contributed by atoms with Crippen molar-refractivity contribution < 1.29 is 14.7 Å². The molecule has 3 N–H and O–H groups in total. The van der Waals surface area contributed by atoms with Crippen molar-refractivity contribution in [1.29, 1.82) is 0 Å². The summed E-state index contributed by atoms with van der Waals surface area (Å²) in [7, 11) is 0. The average Bonchev–Trinajstić information content (AvgIpc) is 3.10. The van der Waals surface area contributed by atoms with Crippen molar-refractivity contribution in [3.05, 3.63) is 111 Å². The number of hydrogen-bond donors (Lipinski definition) is 3. The van der Waals surface area contributed by atoms with Crippen LogP contribution in [0.15, 0.2) is 60.8 Å². The molecule has 2 aromatic carbocycles. The van der Waals surface area contributed by atoms with E-state index in [0.717, 1.165) is 104 Å². The second-order valence-electron chi connectivity index (χ2n) is 13.0. The maximum absolute atomic E-state index is 13.7. The van der Waals surface area contributed by atoms with Crippen LogP contribution in [0.5, 0.6) is 0 Å². The number of nitrogens with one attached hydrogen (secondary N) is 2. The third-order valence-corrected chi connectivity index (χ3v) is 10.2. The van der Waals surface area contributed by atoms with E-state index < -0.39 is 0 Å². The first kappa shape index (κ1) is 33.9. The van der Waals surface area contributed by atoms with Gasteiger partial charge in [-0.3, -0.25) is 19.5 Å². The summed E-state index contributed by atoms with van der Waals surface area (Å²) < 4.78 is 0. The van der Waals surface area contributed by atoms with Crippen LogP contribution in [0.1, 0.15) is 80.2 Å². The second-order valence-corrected chi connectivity index (χ2v) is 13.4. The maximum atomic E-state index is 13.7. The Morgan fingerprint density at radius 3 is 2.58 bits per heavy atom. The van der Waals surface area contributed by atoms with E-state index in [9.17, 15) is 9.59 Å². The Hall–Kier alpha value is -3.95. The summed E-state index contributed by atoms with van der Waals surface area (Å²) in [4.78, 5) is 38.6. The number of hydrogen-bond acceptors (Lipinski definition) is 7. The molecular formula is C39H44ClN5O3. The minimum Gasteiger partial charge on any atom is -0.396 e. The summed E-state index contributed by atoms with van der Waals surface area (Å²) in [5.74, 6) is -0.349. The minimum atomic E-state index is -0.297. The number of carbonyl (C=O) groups excluding carboxylic acids is 2. The van der Waals surface area contributed by atoms with Crippen molar-refractivity contribution in [3.63, 3.8) is 0 Å². The summed E-state index contributed by atoms with van der Waals surface area (Å²) in [6.07, 6.45) is 7.54. The standard InChI is InChI=1S/C39H44ClN5O3/c1-25-21-35(43-36-24-45(19-16-30(25)36)29-14-17-41-18-15-29)37(47)22-28-8-5-10-32(38(28)40)31-9-6-11-33(26(31)2)44-39(48)34-13-12-27(23-42-34)7-3-4-20-46/h5-6,8-13,21,23,29,41,46H,3-4,7,14-20,22,24H2,1-2H3,(H,44,48). The molecule has 1 fully saturated rings. The number of Topliss-reactive ketones (excluding diaryl/α,β-unsaturated/α-hetero) is 1. The van der Waals surface area contributed by atoms with E-state index in [1.165, 1.54) is 5.56 Å². The van der Waals surface area contributed by atoms with Crippen molar-refractivity contribution in [2.75, 3.05) is 31.6 Å². The van der Waals surface area contributed by atoms with Gasteiger partial charge < -0.3 is 15.7 Å². The number of ketones is 1. The average molecular weight is 666 g/mol. The highest BCUT2D eigenvalue weighted by molar-refractivity contribution is 6.34. The van der Waals surface area contributed by atoms with Crippen LogP contribution in [-0.4, -0.2) is 63.9 Å². The van der Waals surface area contributed by atoms with Gasteiger partial charge in [0.1, 0.15) is 11.4 Å². The van der Waals surface area contributed by atoms with Gasteiger partial charge in [-0.1, -0.05) is 48.0 Å². The molecule has 0 aliphatic carbocycles. The first-order valence-electron chi connectivity index (χ1n) is 17.0. The molecule has 1 saturated heterocycles. The Kier molecular flexibility index (Phi) is 11.0. The van der Waals surface area contributed by atoms with Crippen molar-refractivity contribution >= 4 is 29.0 Å². The van der Waals surface area contributed by atoms with Gasteiger partial charge in [-0.2, -0.15) is 0 Å². The number of pyridine rings is 2. The number of halogens is 1. The van der Waals surface area contributed by atoms with Crippen LogP contribution >= 0.6 is 11.6 Å². The molecule has 0 saturated carbocycles. The highest BCUT2D eigenvalue weighted by Crippen LogP contribution is 2.36. The summed E-state index contributed by atoms with van der Waals surface area (Å²) in [5, 5.41) is 16.0. The molecule has 0 radical (unpaired) electrons. The molecule has 2 aromatic heterocycles. The first-order chi connectivity index (χ1) is 23.3. The number of amides is 1. The normalized spacial score (nSPS) is 15.2. The van der Waals surface area contributed by atoms with Crippen LogP contribution in [0.25, 0.3) is 11.1 Å². The van der Waals surface area contributed by atoms with E-state index >= 15 is 0 Å². The fourth-order valence-corrected chi connectivity index (χ4v) is 7.27. The van der Waals surface area contributed by atoms with Crippen molar-refractivity contribution in [2.24, 2.45) is 0 Å². The first-order valence-corrected chi connectivity index (χ1v) is 17.4. The lowest BCUT2D eigenvalue weighted by atomic mass is 9.94. The van der Waals surface area contributed by atoms with Gasteiger partial charge in [0, 0.05) is 49.6 Å². The number of benzene rings is 2. The molecule has 0 unspecified atom stereocenters. The molecule has 9 heteroatoms. The number of aryl methyl sites for hydroxylation is 2. The molecule has 0 spiro atoms. The van der Waals surface area contributed by atoms with Crippen LogP contribution in [0.3, 0.4) is 0 Å². The Balaban J connectivity index is 1.17. The molecule has 48 heavy (non-hydrogen) atoms. The number of fused-ring (bicyclic) bond motifs is 1. The molecule has 2 aliphatic heterocycles. The quantitative estimate of drug-likeness (QED) is 0.124. The predicted octanol–water partition coefficient (Wildman–Crippen LogP) is 6.52. The number of rotatable bonds is 11. The molecule has 6 rings (SSSR count). The Labute approximate surface area is 288 Å². The number of carbonyl (C=O) groups is 2. The third-order valence-electron chi connectivity index (χ3n) is 9.78. The summed E-state index contributed by atoms with van der Waals surface area (Å²) in [6.45, 7) is 8.14. The van der Waals surface area contributed by atoms with Gasteiger partial charge in [-0.15, -0.1) is 0 Å². The lowest BCUT2D eigenvalue weighted by molar-refractivity contribution is 0.0984. The van der Waals surface area contributed by atoms with Gasteiger partial charge in [0.2, 0.25) is 0 Å². The van der Waals surface area contributed by atoms with Gasteiger partial charge >= 0.3 is 0 Å². The number of anilines is 1. The van der Waals surface area contributed by atoms with E-state index in [4.69, 9.17) is 21.7 Å². The number of piperidine rings is 1. The van der Waals surface area contributed by atoms with E-state index in [1.807, 2.05) is 55.5 Å². The van der Waals surface area contributed by atoms with Crippen molar-refractivity contribution in [2.45, 2.75) is 71.4 Å². The van der Waals surface area contributed by atoms with Gasteiger partial charge in [0.05, 0.1) is 10.7 Å². The van der Waals surface area contributed by atoms with Crippen LogP contribution < -0.4 is 10.6 Å². The maximum Gasteiger partial charge on any atom is 0.274 e. The molecule has 0 bridgehead atoms. The monoisotopic (exact) mass is 665 g/mol. The number of unbranched alkanes of at least 4 members (excludes halogenated alkanes) is 1. The van der Waals surface area contributed by atoms with Crippen molar-refractivity contribution in [1.82, 2.24) is 20.2 Å². The molecule has 8 nitrogen and oxygen atoms in total. The summed E-state index contributed by atoms with van der Waals surface area (Å²) >= 11 is 7.02. The number of nitrogens with zero attached hydrogens (tertiary/aromatic N) is 3. The molecule has 1 amide bonds. The van der Waals surface area contributed by atoms with E-state index in [1.54, 1.807) is 12.3 Å². The minimum absolute atomic E-state index is 0.0522. The Morgan fingerprint density at radius 1 is 1.02 bits per heavy atom. The van der Waals surface area contributed by atoms with E-state index in [-0.39, 0.29) is 24.7 Å².